The Hall–Kier alpha value is -2.41. The van der Waals surface area contributed by atoms with Gasteiger partial charge in [0.2, 0.25) is 5.91 Å². The largest absolute Gasteiger partial charge is 0.497 e. The number of benzene rings is 2. The second-order valence-corrected chi connectivity index (χ2v) is 6.22. The third-order valence-electron chi connectivity index (χ3n) is 3.62. The van der Waals surface area contributed by atoms with Crippen molar-refractivity contribution in [2.45, 2.75) is 12.8 Å². The van der Waals surface area contributed by atoms with E-state index in [0.29, 0.717) is 36.6 Å². The summed E-state index contributed by atoms with van der Waals surface area (Å²) in [6, 6.07) is 10.8. The maximum absolute atomic E-state index is 12.2. The quantitative estimate of drug-likeness (QED) is 0.609. The summed E-state index contributed by atoms with van der Waals surface area (Å²) < 4.78 is 22.0. The highest BCUT2D eigenvalue weighted by atomic mass is 79.9. The minimum atomic E-state index is -0.119. The summed E-state index contributed by atoms with van der Waals surface area (Å²) in [5.74, 6) is 2.57. The van der Waals surface area contributed by atoms with Crippen molar-refractivity contribution in [1.29, 1.82) is 0 Å². The van der Waals surface area contributed by atoms with E-state index in [1.165, 1.54) is 0 Å². The van der Waals surface area contributed by atoms with Crippen LogP contribution in [-0.2, 0) is 4.79 Å². The summed E-state index contributed by atoms with van der Waals surface area (Å²) in [6.07, 6.45) is 0.922. The summed E-state index contributed by atoms with van der Waals surface area (Å²) in [4.78, 5) is 12.2. The second kappa shape index (κ2) is 9.91. The molecule has 0 radical (unpaired) electrons. The van der Waals surface area contributed by atoms with Crippen LogP contribution in [0.2, 0.25) is 0 Å². The summed E-state index contributed by atoms with van der Waals surface area (Å²) in [5, 5.41) is 2.84. The van der Waals surface area contributed by atoms with Crippen molar-refractivity contribution in [3.8, 4) is 23.0 Å². The van der Waals surface area contributed by atoms with Gasteiger partial charge in [0, 0.05) is 18.6 Å². The van der Waals surface area contributed by atoms with Crippen LogP contribution in [0.15, 0.2) is 40.9 Å². The number of nitrogens with one attached hydrogen (secondary N) is 1. The third kappa shape index (κ3) is 5.56. The fourth-order valence-corrected chi connectivity index (χ4v) is 2.75. The van der Waals surface area contributed by atoms with Crippen molar-refractivity contribution < 1.29 is 23.7 Å². The van der Waals surface area contributed by atoms with Crippen LogP contribution in [0, 0.1) is 0 Å². The Kier molecular flexibility index (Phi) is 7.59. The molecule has 0 unspecified atom stereocenters. The fraction of sp³-hybridized carbons (Fsp3) is 0.316. The molecule has 0 fully saturated rings. The first kappa shape index (κ1) is 19.9. The minimum Gasteiger partial charge on any atom is -0.497 e. The number of rotatable bonds is 9. The SMILES string of the molecule is COc1ccc(OCCCC(=O)Nc2cc(OC)c(Br)cc2OC)cc1. The van der Waals surface area contributed by atoms with Gasteiger partial charge in [0.1, 0.15) is 23.0 Å². The molecule has 0 heterocycles. The van der Waals surface area contributed by atoms with E-state index in [1.54, 1.807) is 33.5 Å². The maximum atomic E-state index is 12.2. The van der Waals surface area contributed by atoms with Crippen molar-refractivity contribution >= 4 is 27.5 Å². The van der Waals surface area contributed by atoms with Crippen LogP contribution in [0.1, 0.15) is 12.8 Å². The molecule has 140 valence electrons. The number of ether oxygens (including phenoxy) is 4. The Morgan fingerprint density at radius 2 is 1.62 bits per heavy atom. The Bertz CT molecular complexity index is 733. The zero-order chi connectivity index (χ0) is 18.9. The van der Waals surface area contributed by atoms with Crippen LogP contribution in [0.25, 0.3) is 0 Å². The van der Waals surface area contributed by atoms with E-state index in [4.69, 9.17) is 18.9 Å². The number of carbonyl (C=O) groups is 1. The highest BCUT2D eigenvalue weighted by Gasteiger charge is 2.12. The molecule has 1 N–H and O–H groups in total. The number of amides is 1. The van der Waals surface area contributed by atoms with Crippen molar-refractivity contribution in [2.75, 3.05) is 33.3 Å². The standard InChI is InChI=1S/C19H22BrNO5/c1-23-13-6-8-14(9-7-13)26-10-4-5-19(22)21-16-12-17(24-2)15(20)11-18(16)25-3/h6-9,11-12H,4-5,10H2,1-3H3,(H,21,22). The van der Waals surface area contributed by atoms with Gasteiger partial charge in [0.15, 0.2) is 0 Å². The Morgan fingerprint density at radius 3 is 2.23 bits per heavy atom. The average molecular weight is 424 g/mol. The molecular formula is C19H22BrNO5. The monoisotopic (exact) mass is 423 g/mol. The van der Waals surface area contributed by atoms with Gasteiger partial charge in [-0.2, -0.15) is 0 Å². The molecular weight excluding hydrogens is 402 g/mol. The average Bonchev–Trinajstić information content (AvgIpc) is 2.66. The molecule has 7 heteroatoms. The van der Waals surface area contributed by atoms with Crippen molar-refractivity contribution in [3.63, 3.8) is 0 Å². The maximum Gasteiger partial charge on any atom is 0.224 e. The Labute approximate surface area is 161 Å². The normalized spacial score (nSPS) is 10.2. The van der Waals surface area contributed by atoms with Crippen LogP contribution < -0.4 is 24.3 Å². The van der Waals surface area contributed by atoms with Crippen LogP contribution >= 0.6 is 15.9 Å². The van der Waals surface area contributed by atoms with E-state index < -0.39 is 0 Å². The van der Waals surface area contributed by atoms with E-state index in [-0.39, 0.29) is 5.91 Å². The smallest absolute Gasteiger partial charge is 0.224 e. The second-order valence-electron chi connectivity index (χ2n) is 5.36. The lowest BCUT2D eigenvalue weighted by atomic mass is 10.2. The van der Waals surface area contributed by atoms with Crippen LogP contribution in [0.3, 0.4) is 0 Å². The van der Waals surface area contributed by atoms with E-state index in [0.717, 1.165) is 16.0 Å². The Balaban J connectivity index is 1.83. The molecule has 0 bridgehead atoms. The van der Waals surface area contributed by atoms with E-state index in [9.17, 15) is 4.79 Å². The molecule has 0 atom stereocenters. The van der Waals surface area contributed by atoms with Crippen LogP contribution in [0.4, 0.5) is 5.69 Å². The lowest BCUT2D eigenvalue weighted by Gasteiger charge is -2.13. The van der Waals surface area contributed by atoms with Gasteiger partial charge < -0.3 is 24.3 Å². The van der Waals surface area contributed by atoms with Crippen molar-refractivity contribution in [3.05, 3.63) is 40.9 Å². The van der Waals surface area contributed by atoms with Gasteiger partial charge in [0.25, 0.3) is 0 Å². The highest BCUT2D eigenvalue weighted by Crippen LogP contribution is 2.36. The summed E-state index contributed by atoms with van der Waals surface area (Å²) in [6.45, 7) is 0.445. The van der Waals surface area contributed by atoms with E-state index in [1.807, 2.05) is 24.3 Å². The molecule has 6 nitrogen and oxygen atoms in total. The number of methoxy groups -OCH3 is 3. The van der Waals surface area contributed by atoms with Gasteiger partial charge in [0.05, 0.1) is 38.1 Å². The van der Waals surface area contributed by atoms with Gasteiger partial charge >= 0.3 is 0 Å². The van der Waals surface area contributed by atoms with Crippen molar-refractivity contribution in [2.24, 2.45) is 0 Å². The molecule has 2 aromatic rings. The first-order valence-electron chi connectivity index (χ1n) is 8.05. The third-order valence-corrected chi connectivity index (χ3v) is 4.24. The molecule has 0 aliphatic heterocycles. The molecule has 1 amide bonds. The molecule has 0 aliphatic rings. The molecule has 0 aliphatic carbocycles. The predicted octanol–water partition coefficient (Wildman–Crippen LogP) is 4.27. The minimum absolute atomic E-state index is 0.119. The first-order valence-corrected chi connectivity index (χ1v) is 8.85. The van der Waals surface area contributed by atoms with Crippen molar-refractivity contribution in [1.82, 2.24) is 0 Å². The molecule has 0 aromatic heterocycles. The zero-order valence-corrected chi connectivity index (χ0v) is 16.6. The molecule has 0 saturated heterocycles. The number of hydrogen-bond acceptors (Lipinski definition) is 5. The summed E-state index contributed by atoms with van der Waals surface area (Å²) in [7, 11) is 4.73. The molecule has 0 spiro atoms. The molecule has 26 heavy (non-hydrogen) atoms. The number of anilines is 1. The van der Waals surface area contributed by atoms with Crippen LogP contribution in [-0.4, -0.2) is 33.8 Å². The zero-order valence-electron chi connectivity index (χ0n) is 15.0. The summed E-state index contributed by atoms with van der Waals surface area (Å²) in [5.41, 5.74) is 0.564. The predicted molar refractivity (Wildman–Crippen MR) is 104 cm³/mol. The lowest BCUT2D eigenvalue weighted by Crippen LogP contribution is -2.13. The Morgan fingerprint density at radius 1 is 0.962 bits per heavy atom. The van der Waals surface area contributed by atoms with Gasteiger partial charge in [-0.1, -0.05) is 0 Å². The number of carbonyl (C=O) groups excluding carboxylic acids is 1. The topological polar surface area (TPSA) is 66.0 Å². The molecule has 0 saturated carbocycles. The summed E-state index contributed by atoms with van der Waals surface area (Å²) >= 11 is 3.39. The first-order chi connectivity index (χ1) is 12.6. The van der Waals surface area contributed by atoms with Gasteiger partial charge in [-0.3, -0.25) is 4.79 Å². The van der Waals surface area contributed by atoms with Gasteiger partial charge in [-0.25, -0.2) is 0 Å². The van der Waals surface area contributed by atoms with E-state index >= 15 is 0 Å². The lowest BCUT2D eigenvalue weighted by molar-refractivity contribution is -0.116. The van der Waals surface area contributed by atoms with Gasteiger partial charge in [-0.05, 0) is 46.6 Å². The van der Waals surface area contributed by atoms with Gasteiger partial charge in [-0.15, -0.1) is 0 Å². The highest BCUT2D eigenvalue weighted by molar-refractivity contribution is 9.10. The molecule has 2 rings (SSSR count). The number of hydrogen-bond donors (Lipinski definition) is 1. The number of halogens is 1. The fourth-order valence-electron chi connectivity index (χ4n) is 2.27. The van der Waals surface area contributed by atoms with Crippen LogP contribution in [0.5, 0.6) is 23.0 Å². The van der Waals surface area contributed by atoms with E-state index in [2.05, 4.69) is 21.2 Å². The molecule has 2 aromatic carbocycles.